The molecule has 118 valence electrons. The molecule has 0 aliphatic carbocycles. The highest BCUT2D eigenvalue weighted by atomic mass is 16.5. The number of methoxy groups -OCH3 is 1. The molecule has 0 fully saturated rings. The first-order valence-electron chi connectivity index (χ1n) is 7.22. The maximum absolute atomic E-state index is 12.4. The maximum atomic E-state index is 12.4. The molecule has 0 unspecified atom stereocenters. The van der Waals surface area contributed by atoms with E-state index in [0.29, 0.717) is 23.7 Å². The van der Waals surface area contributed by atoms with Crippen molar-refractivity contribution in [2.75, 3.05) is 12.4 Å². The number of carbonyl (C=O) groups is 1. The number of hydrogen-bond donors (Lipinski definition) is 2. The highest BCUT2D eigenvalue weighted by molar-refractivity contribution is 6.03. The zero-order valence-corrected chi connectivity index (χ0v) is 13.3. The molecule has 0 bridgehead atoms. The van der Waals surface area contributed by atoms with E-state index < -0.39 is 0 Å². The number of amides is 1. The zero-order valence-electron chi connectivity index (χ0n) is 13.3. The van der Waals surface area contributed by atoms with Gasteiger partial charge in [-0.15, -0.1) is 0 Å². The average molecular weight is 303 g/mol. The van der Waals surface area contributed by atoms with Crippen LogP contribution in [0.1, 0.15) is 42.9 Å². The minimum atomic E-state index is -0.242. The highest BCUT2D eigenvalue weighted by Crippen LogP contribution is 2.28. The van der Waals surface area contributed by atoms with Crippen LogP contribution < -0.4 is 10.1 Å². The summed E-state index contributed by atoms with van der Waals surface area (Å²) in [5.74, 6) is 0.355. The largest absolute Gasteiger partial charge is 0.504 e. The topological polar surface area (TPSA) is 76.4 Å². The first kappa shape index (κ1) is 15.9. The molecule has 22 heavy (non-hydrogen) atoms. The van der Waals surface area contributed by atoms with Gasteiger partial charge in [-0.3, -0.25) is 9.48 Å². The van der Waals surface area contributed by atoms with Gasteiger partial charge in [-0.25, -0.2) is 0 Å². The molecule has 0 radical (unpaired) electrons. The number of phenolic OH excluding ortho intramolecular Hbond substituents is 1. The van der Waals surface area contributed by atoms with Gasteiger partial charge in [-0.2, -0.15) is 5.10 Å². The minimum absolute atomic E-state index is 0.0289. The van der Waals surface area contributed by atoms with Gasteiger partial charge in [0.2, 0.25) is 0 Å². The van der Waals surface area contributed by atoms with Gasteiger partial charge in [0, 0.05) is 18.3 Å². The Morgan fingerprint density at radius 1 is 1.41 bits per heavy atom. The molecular formula is C16H21N3O3. The molecular weight excluding hydrogens is 282 g/mol. The van der Waals surface area contributed by atoms with E-state index in [1.54, 1.807) is 22.9 Å². The molecule has 0 saturated carbocycles. The van der Waals surface area contributed by atoms with Crippen molar-refractivity contribution >= 4 is 11.6 Å². The molecule has 1 aromatic carbocycles. The van der Waals surface area contributed by atoms with Crippen molar-refractivity contribution in [3.8, 4) is 11.5 Å². The number of aryl methyl sites for hydroxylation is 1. The fraction of sp³-hybridized carbons (Fsp3) is 0.375. The number of benzene rings is 1. The molecule has 0 saturated heterocycles. The third-order valence-electron chi connectivity index (χ3n) is 3.36. The zero-order chi connectivity index (χ0) is 16.3. The Morgan fingerprint density at radius 2 is 2.14 bits per heavy atom. The average Bonchev–Trinajstić information content (AvgIpc) is 2.93. The summed E-state index contributed by atoms with van der Waals surface area (Å²) in [4.78, 5) is 12.4. The standard InChI is InChI=1S/C16H21N3O3/c1-5-19-13(9-12(18-19)10(2)3)16(21)17-11-6-7-14(20)15(8-11)22-4/h6-10,20H,5H2,1-4H3,(H,17,21). The van der Waals surface area contributed by atoms with Crippen LogP contribution in [0.3, 0.4) is 0 Å². The first-order valence-corrected chi connectivity index (χ1v) is 7.22. The molecule has 6 nitrogen and oxygen atoms in total. The third-order valence-corrected chi connectivity index (χ3v) is 3.36. The van der Waals surface area contributed by atoms with E-state index in [1.807, 2.05) is 20.8 Å². The lowest BCUT2D eigenvalue weighted by molar-refractivity contribution is 0.101. The van der Waals surface area contributed by atoms with Gasteiger partial charge in [0.1, 0.15) is 5.69 Å². The molecule has 2 rings (SSSR count). The minimum Gasteiger partial charge on any atom is -0.504 e. The van der Waals surface area contributed by atoms with Crippen LogP contribution in [0.15, 0.2) is 24.3 Å². The predicted octanol–water partition coefficient (Wildman–Crippen LogP) is 2.99. The lowest BCUT2D eigenvalue weighted by atomic mass is 10.1. The molecule has 1 heterocycles. The second-order valence-corrected chi connectivity index (χ2v) is 5.27. The molecule has 0 spiro atoms. The molecule has 6 heteroatoms. The molecule has 0 aliphatic heterocycles. The molecule has 0 atom stereocenters. The van der Waals surface area contributed by atoms with E-state index in [4.69, 9.17) is 4.74 Å². The summed E-state index contributed by atoms with van der Waals surface area (Å²) in [6.45, 7) is 6.63. The van der Waals surface area contributed by atoms with E-state index in [-0.39, 0.29) is 17.6 Å². The summed E-state index contributed by atoms with van der Waals surface area (Å²) < 4.78 is 6.72. The number of aromatic hydroxyl groups is 1. The number of nitrogens with one attached hydrogen (secondary N) is 1. The fourth-order valence-corrected chi connectivity index (χ4v) is 2.09. The second kappa shape index (κ2) is 6.51. The number of phenols is 1. The van der Waals surface area contributed by atoms with E-state index in [0.717, 1.165) is 5.69 Å². The van der Waals surface area contributed by atoms with Gasteiger partial charge in [0.05, 0.1) is 12.8 Å². The maximum Gasteiger partial charge on any atom is 0.273 e. The van der Waals surface area contributed by atoms with E-state index >= 15 is 0 Å². The monoisotopic (exact) mass is 303 g/mol. The van der Waals surface area contributed by atoms with Crippen LogP contribution in [0.25, 0.3) is 0 Å². The van der Waals surface area contributed by atoms with Crippen molar-refractivity contribution in [2.24, 2.45) is 0 Å². The van der Waals surface area contributed by atoms with Crippen LogP contribution >= 0.6 is 0 Å². The Balaban J connectivity index is 2.25. The summed E-state index contributed by atoms with van der Waals surface area (Å²) in [5.41, 5.74) is 1.95. The summed E-state index contributed by atoms with van der Waals surface area (Å²) in [7, 11) is 1.46. The fourth-order valence-electron chi connectivity index (χ4n) is 2.09. The van der Waals surface area contributed by atoms with E-state index in [9.17, 15) is 9.90 Å². The van der Waals surface area contributed by atoms with Crippen molar-refractivity contribution in [3.63, 3.8) is 0 Å². The first-order chi connectivity index (χ1) is 10.5. The second-order valence-electron chi connectivity index (χ2n) is 5.27. The lowest BCUT2D eigenvalue weighted by Gasteiger charge is -2.09. The summed E-state index contributed by atoms with van der Waals surface area (Å²) in [6.07, 6.45) is 0. The van der Waals surface area contributed by atoms with E-state index in [2.05, 4.69) is 10.4 Å². The van der Waals surface area contributed by atoms with Crippen molar-refractivity contribution in [1.29, 1.82) is 0 Å². The van der Waals surface area contributed by atoms with Crippen LogP contribution in [0, 0.1) is 0 Å². The number of rotatable bonds is 5. The van der Waals surface area contributed by atoms with Crippen molar-refractivity contribution in [3.05, 3.63) is 35.7 Å². The number of ether oxygens (including phenoxy) is 1. The Bertz CT molecular complexity index is 677. The third kappa shape index (κ3) is 3.21. The molecule has 2 aromatic rings. The van der Waals surface area contributed by atoms with Crippen LogP contribution in [0.4, 0.5) is 5.69 Å². The lowest BCUT2D eigenvalue weighted by Crippen LogP contribution is -2.17. The van der Waals surface area contributed by atoms with Crippen molar-refractivity contribution in [2.45, 2.75) is 33.2 Å². The van der Waals surface area contributed by atoms with Gasteiger partial charge in [0.15, 0.2) is 11.5 Å². The van der Waals surface area contributed by atoms with Crippen LogP contribution in [-0.2, 0) is 6.54 Å². The molecule has 2 N–H and O–H groups in total. The predicted molar refractivity (Wildman–Crippen MR) is 84.6 cm³/mol. The molecule has 1 amide bonds. The van der Waals surface area contributed by atoms with Gasteiger partial charge in [-0.1, -0.05) is 13.8 Å². The number of carbonyl (C=O) groups excluding carboxylic acids is 1. The number of hydrogen-bond acceptors (Lipinski definition) is 4. The highest BCUT2D eigenvalue weighted by Gasteiger charge is 2.16. The van der Waals surface area contributed by atoms with E-state index in [1.165, 1.54) is 13.2 Å². The molecule has 1 aromatic heterocycles. The molecule has 0 aliphatic rings. The summed E-state index contributed by atoms with van der Waals surface area (Å²) in [5, 5.41) is 16.8. The van der Waals surface area contributed by atoms with Gasteiger partial charge in [-0.05, 0) is 31.0 Å². The van der Waals surface area contributed by atoms with Gasteiger partial charge in [0.25, 0.3) is 5.91 Å². The van der Waals surface area contributed by atoms with Crippen molar-refractivity contribution < 1.29 is 14.6 Å². The van der Waals surface area contributed by atoms with Crippen molar-refractivity contribution in [1.82, 2.24) is 9.78 Å². The smallest absolute Gasteiger partial charge is 0.273 e. The normalized spacial score (nSPS) is 10.8. The van der Waals surface area contributed by atoms with Gasteiger partial charge < -0.3 is 15.2 Å². The number of anilines is 1. The van der Waals surface area contributed by atoms with Crippen LogP contribution in [-0.4, -0.2) is 27.9 Å². The summed E-state index contributed by atoms with van der Waals surface area (Å²) >= 11 is 0. The summed E-state index contributed by atoms with van der Waals surface area (Å²) in [6, 6.07) is 6.47. The van der Waals surface area contributed by atoms with Gasteiger partial charge >= 0.3 is 0 Å². The Morgan fingerprint density at radius 3 is 2.73 bits per heavy atom. The quantitative estimate of drug-likeness (QED) is 0.833. The Hall–Kier alpha value is -2.50. The number of nitrogens with zero attached hydrogens (tertiary/aromatic N) is 2. The van der Waals surface area contributed by atoms with Crippen LogP contribution in [0.5, 0.6) is 11.5 Å². The Kier molecular flexibility index (Phi) is 4.70. The van der Waals surface area contributed by atoms with Crippen LogP contribution in [0.2, 0.25) is 0 Å². The Labute approximate surface area is 129 Å². The SMILES string of the molecule is CCn1nc(C(C)C)cc1C(=O)Nc1ccc(O)c(OC)c1. The number of aromatic nitrogens is 2.